The van der Waals surface area contributed by atoms with Crippen LogP contribution < -0.4 is 14.8 Å². The Labute approximate surface area is 133 Å². The van der Waals surface area contributed by atoms with Crippen LogP contribution in [-0.2, 0) is 16.1 Å². The SMILES string of the molecule is COC(=O)c1ccc(OCC(=O)NCc2ccco2)c(OC)c1. The molecule has 1 aromatic heterocycles. The third-order valence-electron chi connectivity index (χ3n) is 2.98. The predicted molar refractivity (Wildman–Crippen MR) is 80.4 cm³/mol. The zero-order valence-corrected chi connectivity index (χ0v) is 12.8. The molecule has 1 heterocycles. The van der Waals surface area contributed by atoms with Gasteiger partial charge in [0.05, 0.1) is 32.6 Å². The third kappa shape index (κ3) is 4.50. The highest BCUT2D eigenvalue weighted by atomic mass is 16.5. The minimum Gasteiger partial charge on any atom is -0.493 e. The Bertz CT molecular complexity index is 665. The van der Waals surface area contributed by atoms with Crippen molar-refractivity contribution in [1.82, 2.24) is 5.32 Å². The summed E-state index contributed by atoms with van der Waals surface area (Å²) in [4.78, 5) is 23.2. The lowest BCUT2D eigenvalue weighted by atomic mass is 10.2. The zero-order valence-electron chi connectivity index (χ0n) is 12.8. The number of carbonyl (C=O) groups is 2. The van der Waals surface area contributed by atoms with Crippen LogP contribution >= 0.6 is 0 Å². The van der Waals surface area contributed by atoms with Crippen molar-refractivity contribution in [2.24, 2.45) is 0 Å². The van der Waals surface area contributed by atoms with E-state index in [0.717, 1.165) is 0 Å². The summed E-state index contributed by atoms with van der Waals surface area (Å²) in [5, 5.41) is 2.66. The van der Waals surface area contributed by atoms with E-state index < -0.39 is 5.97 Å². The lowest BCUT2D eigenvalue weighted by Gasteiger charge is -2.11. The van der Waals surface area contributed by atoms with Gasteiger partial charge in [-0.1, -0.05) is 0 Å². The molecule has 1 aromatic carbocycles. The van der Waals surface area contributed by atoms with E-state index in [9.17, 15) is 9.59 Å². The highest BCUT2D eigenvalue weighted by Gasteiger charge is 2.12. The van der Waals surface area contributed by atoms with Crippen molar-refractivity contribution >= 4 is 11.9 Å². The van der Waals surface area contributed by atoms with Crippen LogP contribution in [-0.4, -0.2) is 32.7 Å². The van der Waals surface area contributed by atoms with Gasteiger partial charge in [0.25, 0.3) is 5.91 Å². The normalized spacial score (nSPS) is 10.0. The summed E-state index contributed by atoms with van der Waals surface area (Å²) in [7, 11) is 2.74. The van der Waals surface area contributed by atoms with Crippen LogP contribution in [0, 0.1) is 0 Å². The average molecular weight is 319 g/mol. The zero-order chi connectivity index (χ0) is 16.7. The Kier molecular flexibility index (Phi) is 5.62. The van der Waals surface area contributed by atoms with Crippen molar-refractivity contribution in [2.75, 3.05) is 20.8 Å². The first-order valence-electron chi connectivity index (χ1n) is 6.82. The molecular weight excluding hydrogens is 302 g/mol. The van der Waals surface area contributed by atoms with Crippen molar-refractivity contribution in [3.8, 4) is 11.5 Å². The van der Waals surface area contributed by atoms with Gasteiger partial charge in [-0.15, -0.1) is 0 Å². The second kappa shape index (κ2) is 7.88. The van der Waals surface area contributed by atoms with E-state index in [1.165, 1.54) is 32.6 Å². The Balaban J connectivity index is 1.91. The number of hydrogen-bond donors (Lipinski definition) is 1. The summed E-state index contributed by atoms with van der Waals surface area (Å²) in [6, 6.07) is 8.07. The second-order valence-corrected chi connectivity index (χ2v) is 4.50. The molecule has 0 aliphatic rings. The minimum atomic E-state index is -0.481. The molecule has 0 aliphatic carbocycles. The molecule has 1 amide bonds. The second-order valence-electron chi connectivity index (χ2n) is 4.50. The number of esters is 1. The molecule has 2 rings (SSSR count). The van der Waals surface area contributed by atoms with Gasteiger partial charge in [-0.2, -0.15) is 0 Å². The average Bonchev–Trinajstić information content (AvgIpc) is 3.10. The van der Waals surface area contributed by atoms with E-state index in [2.05, 4.69) is 10.1 Å². The third-order valence-corrected chi connectivity index (χ3v) is 2.98. The largest absolute Gasteiger partial charge is 0.493 e. The first-order valence-corrected chi connectivity index (χ1v) is 6.82. The van der Waals surface area contributed by atoms with E-state index in [1.54, 1.807) is 18.2 Å². The molecular formula is C16H17NO6. The van der Waals surface area contributed by atoms with Crippen LogP contribution in [0.5, 0.6) is 11.5 Å². The number of ether oxygens (including phenoxy) is 3. The van der Waals surface area contributed by atoms with Crippen LogP contribution in [0.3, 0.4) is 0 Å². The van der Waals surface area contributed by atoms with Crippen molar-refractivity contribution in [3.05, 3.63) is 47.9 Å². The molecule has 0 spiro atoms. The Morgan fingerprint density at radius 1 is 1.17 bits per heavy atom. The Morgan fingerprint density at radius 3 is 2.65 bits per heavy atom. The fourth-order valence-electron chi connectivity index (χ4n) is 1.82. The number of amides is 1. The molecule has 0 radical (unpaired) electrons. The molecule has 0 unspecified atom stereocenters. The predicted octanol–water partition coefficient (Wildman–Crippen LogP) is 1.77. The van der Waals surface area contributed by atoms with E-state index in [0.29, 0.717) is 22.8 Å². The Hall–Kier alpha value is -2.96. The molecule has 0 fully saturated rings. The number of carbonyl (C=O) groups excluding carboxylic acids is 2. The molecule has 0 saturated carbocycles. The van der Waals surface area contributed by atoms with Gasteiger partial charge in [0.2, 0.25) is 0 Å². The van der Waals surface area contributed by atoms with Gasteiger partial charge >= 0.3 is 5.97 Å². The fraction of sp³-hybridized carbons (Fsp3) is 0.250. The molecule has 23 heavy (non-hydrogen) atoms. The Morgan fingerprint density at radius 2 is 2.00 bits per heavy atom. The van der Waals surface area contributed by atoms with Crippen molar-refractivity contribution < 1.29 is 28.2 Å². The standard InChI is InChI=1S/C16H17NO6/c1-20-14-8-11(16(19)21-2)5-6-13(14)23-10-15(18)17-9-12-4-3-7-22-12/h3-8H,9-10H2,1-2H3,(H,17,18). The summed E-state index contributed by atoms with van der Waals surface area (Å²) in [5.74, 6) is 0.560. The fourth-order valence-corrected chi connectivity index (χ4v) is 1.82. The molecule has 0 bridgehead atoms. The van der Waals surface area contributed by atoms with E-state index in [1.807, 2.05) is 0 Å². The van der Waals surface area contributed by atoms with Gasteiger partial charge in [-0.05, 0) is 30.3 Å². The summed E-state index contributed by atoms with van der Waals surface area (Å²) < 4.78 is 20.3. The van der Waals surface area contributed by atoms with E-state index in [4.69, 9.17) is 13.9 Å². The molecule has 7 nitrogen and oxygen atoms in total. The number of hydrogen-bond acceptors (Lipinski definition) is 6. The van der Waals surface area contributed by atoms with Gasteiger partial charge in [-0.3, -0.25) is 4.79 Å². The van der Waals surface area contributed by atoms with Crippen molar-refractivity contribution in [3.63, 3.8) is 0 Å². The van der Waals surface area contributed by atoms with Crippen LogP contribution in [0.15, 0.2) is 41.0 Å². The van der Waals surface area contributed by atoms with Gasteiger partial charge in [-0.25, -0.2) is 4.79 Å². The first kappa shape index (κ1) is 16.4. The number of rotatable bonds is 7. The summed E-state index contributed by atoms with van der Waals surface area (Å²) in [5.41, 5.74) is 0.332. The molecule has 122 valence electrons. The van der Waals surface area contributed by atoms with Crippen LogP contribution in [0.25, 0.3) is 0 Å². The van der Waals surface area contributed by atoms with Gasteiger partial charge in [0, 0.05) is 0 Å². The number of nitrogens with one attached hydrogen (secondary N) is 1. The molecule has 0 atom stereocenters. The van der Waals surface area contributed by atoms with Gasteiger partial charge < -0.3 is 23.9 Å². The maximum absolute atomic E-state index is 11.7. The highest BCUT2D eigenvalue weighted by molar-refractivity contribution is 5.90. The smallest absolute Gasteiger partial charge is 0.337 e. The first-order chi connectivity index (χ1) is 11.1. The van der Waals surface area contributed by atoms with Crippen LogP contribution in [0.1, 0.15) is 16.1 Å². The summed E-state index contributed by atoms with van der Waals surface area (Å²) in [6.07, 6.45) is 1.53. The molecule has 1 N–H and O–H groups in total. The quantitative estimate of drug-likeness (QED) is 0.783. The lowest BCUT2D eigenvalue weighted by molar-refractivity contribution is -0.123. The van der Waals surface area contributed by atoms with E-state index in [-0.39, 0.29) is 19.1 Å². The molecule has 0 saturated heterocycles. The van der Waals surface area contributed by atoms with Crippen molar-refractivity contribution in [2.45, 2.75) is 6.54 Å². The van der Waals surface area contributed by atoms with Crippen LogP contribution in [0.4, 0.5) is 0 Å². The maximum Gasteiger partial charge on any atom is 0.337 e. The highest BCUT2D eigenvalue weighted by Crippen LogP contribution is 2.28. The van der Waals surface area contributed by atoms with Crippen molar-refractivity contribution in [1.29, 1.82) is 0 Å². The number of benzene rings is 1. The summed E-state index contributed by atoms with van der Waals surface area (Å²) >= 11 is 0. The van der Waals surface area contributed by atoms with E-state index >= 15 is 0 Å². The van der Waals surface area contributed by atoms with Gasteiger partial charge in [0.1, 0.15) is 5.76 Å². The molecule has 2 aromatic rings. The monoisotopic (exact) mass is 319 g/mol. The molecule has 7 heteroatoms. The summed E-state index contributed by atoms with van der Waals surface area (Å²) in [6.45, 7) is 0.0995. The molecule has 0 aliphatic heterocycles. The van der Waals surface area contributed by atoms with Gasteiger partial charge in [0.15, 0.2) is 18.1 Å². The lowest BCUT2D eigenvalue weighted by Crippen LogP contribution is -2.28. The minimum absolute atomic E-state index is 0.186. The maximum atomic E-state index is 11.7. The topological polar surface area (TPSA) is 87.0 Å². The number of furan rings is 1. The number of methoxy groups -OCH3 is 2. The van der Waals surface area contributed by atoms with Crippen LogP contribution in [0.2, 0.25) is 0 Å².